The molecule has 0 bridgehead atoms. The van der Waals surface area contributed by atoms with Gasteiger partial charge in [-0.3, -0.25) is 9.10 Å². The van der Waals surface area contributed by atoms with Crippen LogP contribution in [0.15, 0.2) is 83.8 Å². The molecule has 0 aromatic heterocycles. The zero-order chi connectivity index (χ0) is 23.7. The molecule has 1 amide bonds. The Morgan fingerprint density at radius 2 is 1.64 bits per heavy atom. The molecule has 174 valence electrons. The third-order valence-corrected chi connectivity index (χ3v) is 6.89. The van der Waals surface area contributed by atoms with Gasteiger partial charge >= 0.3 is 0 Å². The Balaban J connectivity index is 1.71. The molecule has 0 aliphatic heterocycles. The highest BCUT2D eigenvalue weighted by molar-refractivity contribution is 7.92. The van der Waals surface area contributed by atoms with E-state index in [9.17, 15) is 13.2 Å². The number of carbonyl (C=O) groups is 1. The lowest BCUT2D eigenvalue weighted by Crippen LogP contribution is -2.41. The molecule has 0 atom stereocenters. The van der Waals surface area contributed by atoms with Gasteiger partial charge in [-0.05, 0) is 48.7 Å². The normalized spacial score (nSPS) is 11.0. The van der Waals surface area contributed by atoms with Crippen molar-refractivity contribution in [2.75, 3.05) is 31.6 Å². The van der Waals surface area contributed by atoms with Gasteiger partial charge < -0.3 is 14.8 Å². The van der Waals surface area contributed by atoms with Crippen LogP contribution in [0, 0.1) is 0 Å². The van der Waals surface area contributed by atoms with Crippen LogP contribution in [-0.4, -0.2) is 41.6 Å². The number of methoxy groups -OCH3 is 2. The van der Waals surface area contributed by atoms with E-state index < -0.39 is 15.9 Å². The average Bonchev–Trinajstić information content (AvgIpc) is 2.85. The van der Waals surface area contributed by atoms with E-state index in [1.54, 1.807) is 49.6 Å². The fourth-order valence-corrected chi connectivity index (χ4v) is 4.84. The zero-order valence-electron chi connectivity index (χ0n) is 18.7. The van der Waals surface area contributed by atoms with Gasteiger partial charge in [-0.1, -0.05) is 42.5 Å². The van der Waals surface area contributed by atoms with Crippen LogP contribution in [0.5, 0.6) is 11.5 Å². The number of nitrogens with zero attached hydrogens (tertiary/aromatic N) is 1. The number of aryl methyl sites for hydroxylation is 1. The van der Waals surface area contributed by atoms with Crippen molar-refractivity contribution in [1.82, 2.24) is 5.32 Å². The predicted molar refractivity (Wildman–Crippen MR) is 128 cm³/mol. The number of carbonyl (C=O) groups excluding carboxylic acids is 1. The van der Waals surface area contributed by atoms with Gasteiger partial charge in [0.2, 0.25) is 5.91 Å². The van der Waals surface area contributed by atoms with Crippen molar-refractivity contribution < 1.29 is 22.7 Å². The van der Waals surface area contributed by atoms with Crippen LogP contribution in [0.25, 0.3) is 0 Å². The number of anilines is 1. The molecule has 0 aliphatic rings. The third-order valence-electron chi connectivity index (χ3n) is 5.10. The molecule has 33 heavy (non-hydrogen) atoms. The number of ether oxygens (including phenoxy) is 2. The highest BCUT2D eigenvalue weighted by Gasteiger charge is 2.27. The molecule has 3 aromatic rings. The Morgan fingerprint density at radius 3 is 2.36 bits per heavy atom. The van der Waals surface area contributed by atoms with Gasteiger partial charge in [0.1, 0.15) is 18.0 Å². The zero-order valence-corrected chi connectivity index (χ0v) is 19.5. The summed E-state index contributed by atoms with van der Waals surface area (Å²) < 4.78 is 38.4. The second kappa shape index (κ2) is 11.4. The summed E-state index contributed by atoms with van der Waals surface area (Å²) in [5.74, 6) is 0.914. The number of hydrogen-bond acceptors (Lipinski definition) is 5. The molecule has 0 unspecified atom stereocenters. The molecule has 3 aromatic carbocycles. The average molecular weight is 469 g/mol. The Bertz CT molecular complexity index is 1170. The fourth-order valence-electron chi connectivity index (χ4n) is 3.40. The minimum absolute atomic E-state index is 0.108. The lowest BCUT2D eigenvalue weighted by molar-refractivity contribution is -0.119. The maximum Gasteiger partial charge on any atom is 0.264 e. The van der Waals surface area contributed by atoms with Gasteiger partial charge in [-0.15, -0.1) is 0 Å². The van der Waals surface area contributed by atoms with Crippen molar-refractivity contribution in [3.05, 3.63) is 84.4 Å². The van der Waals surface area contributed by atoms with Gasteiger partial charge in [0.05, 0.1) is 24.8 Å². The first-order chi connectivity index (χ1) is 16.0. The monoisotopic (exact) mass is 468 g/mol. The molecule has 1 N–H and O–H groups in total. The van der Waals surface area contributed by atoms with E-state index in [2.05, 4.69) is 5.32 Å². The Hall–Kier alpha value is -3.52. The number of hydrogen-bond donors (Lipinski definition) is 1. The first-order valence-electron chi connectivity index (χ1n) is 10.6. The Labute approximate surface area is 195 Å². The van der Waals surface area contributed by atoms with Crippen molar-refractivity contribution in [2.45, 2.75) is 17.7 Å². The smallest absolute Gasteiger partial charge is 0.264 e. The summed E-state index contributed by atoms with van der Waals surface area (Å²) in [6.45, 7) is 0.0628. The summed E-state index contributed by atoms with van der Waals surface area (Å²) >= 11 is 0. The molecule has 0 aliphatic carbocycles. The van der Waals surface area contributed by atoms with Crippen LogP contribution in [0.1, 0.15) is 12.0 Å². The first-order valence-corrected chi connectivity index (χ1v) is 12.0. The van der Waals surface area contributed by atoms with Crippen LogP contribution >= 0.6 is 0 Å². The van der Waals surface area contributed by atoms with Crippen molar-refractivity contribution in [3.8, 4) is 11.5 Å². The SMILES string of the molecule is COc1cccc(N(CC(=O)NCCCc2ccccc2OC)S(=O)(=O)c2ccccc2)c1. The Kier molecular flexibility index (Phi) is 8.32. The van der Waals surface area contributed by atoms with Gasteiger partial charge in [0.15, 0.2) is 0 Å². The molecular weight excluding hydrogens is 440 g/mol. The van der Waals surface area contributed by atoms with Crippen LogP contribution in [0.3, 0.4) is 0 Å². The van der Waals surface area contributed by atoms with Gasteiger partial charge in [-0.25, -0.2) is 8.42 Å². The molecule has 0 spiro atoms. The molecule has 0 heterocycles. The van der Waals surface area contributed by atoms with Gasteiger partial charge in [0.25, 0.3) is 10.0 Å². The fraction of sp³-hybridized carbons (Fsp3) is 0.240. The molecule has 0 fully saturated rings. The quantitative estimate of drug-likeness (QED) is 0.434. The summed E-state index contributed by atoms with van der Waals surface area (Å²) in [6, 6.07) is 22.4. The second-order valence-corrected chi connectivity index (χ2v) is 9.15. The largest absolute Gasteiger partial charge is 0.497 e. The molecule has 7 nitrogen and oxygen atoms in total. The topological polar surface area (TPSA) is 84.9 Å². The number of para-hydroxylation sites is 1. The van der Waals surface area contributed by atoms with E-state index in [0.29, 0.717) is 24.4 Å². The summed E-state index contributed by atoms with van der Waals surface area (Å²) in [7, 11) is -0.827. The highest BCUT2D eigenvalue weighted by atomic mass is 32.2. The standard InChI is InChI=1S/C25H28N2O5S/c1-31-22-13-8-12-21(18-22)27(33(29,30)23-14-4-3-5-15-23)19-25(28)26-17-9-11-20-10-6-7-16-24(20)32-2/h3-8,10,12-16,18H,9,11,17,19H2,1-2H3,(H,26,28). The van der Waals surface area contributed by atoms with Crippen LogP contribution in [-0.2, 0) is 21.2 Å². The predicted octanol–water partition coefficient (Wildman–Crippen LogP) is 3.65. The van der Waals surface area contributed by atoms with Crippen LogP contribution in [0.4, 0.5) is 5.69 Å². The lowest BCUT2D eigenvalue weighted by Gasteiger charge is -2.24. The summed E-state index contributed by atoms with van der Waals surface area (Å²) in [4.78, 5) is 12.8. The molecule has 8 heteroatoms. The lowest BCUT2D eigenvalue weighted by atomic mass is 10.1. The number of nitrogens with one attached hydrogen (secondary N) is 1. The van der Waals surface area contributed by atoms with Crippen molar-refractivity contribution in [1.29, 1.82) is 0 Å². The minimum Gasteiger partial charge on any atom is -0.497 e. The second-order valence-electron chi connectivity index (χ2n) is 7.29. The van der Waals surface area contributed by atoms with E-state index in [4.69, 9.17) is 9.47 Å². The molecule has 0 saturated carbocycles. The first kappa shape index (κ1) is 24.1. The maximum atomic E-state index is 13.3. The van der Waals surface area contributed by atoms with E-state index >= 15 is 0 Å². The molecule has 0 radical (unpaired) electrons. The minimum atomic E-state index is -3.96. The molecule has 0 saturated heterocycles. The van der Waals surface area contributed by atoms with E-state index in [1.807, 2.05) is 24.3 Å². The van der Waals surface area contributed by atoms with Crippen molar-refractivity contribution >= 4 is 21.6 Å². The maximum absolute atomic E-state index is 13.3. The molecular formula is C25H28N2O5S. The van der Waals surface area contributed by atoms with Gasteiger partial charge in [-0.2, -0.15) is 0 Å². The van der Waals surface area contributed by atoms with Crippen molar-refractivity contribution in [3.63, 3.8) is 0 Å². The van der Waals surface area contributed by atoms with E-state index in [-0.39, 0.29) is 11.4 Å². The van der Waals surface area contributed by atoms with Crippen LogP contribution in [0.2, 0.25) is 0 Å². The van der Waals surface area contributed by atoms with E-state index in [0.717, 1.165) is 22.0 Å². The number of rotatable bonds is 11. The van der Waals surface area contributed by atoms with E-state index in [1.165, 1.54) is 19.2 Å². The summed E-state index contributed by atoms with van der Waals surface area (Å²) in [5, 5.41) is 2.83. The molecule has 3 rings (SSSR count). The number of benzene rings is 3. The van der Waals surface area contributed by atoms with Crippen molar-refractivity contribution in [2.24, 2.45) is 0 Å². The summed E-state index contributed by atoms with van der Waals surface area (Å²) in [6.07, 6.45) is 1.42. The highest BCUT2D eigenvalue weighted by Crippen LogP contribution is 2.26. The summed E-state index contributed by atoms with van der Waals surface area (Å²) in [5.41, 5.74) is 1.40. The third kappa shape index (κ3) is 6.26. The Morgan fingerprint density at radius 1 is 0.909 bits per heavy atom. The number of amides is 1. The van der Waals surface area contributed by atoms with Crippen LogP contribution < -0.4 is 19.1 Å². The van der Waals surface area contributed by atoms with Gasteiger partial charge in [0, 0.05) is 12.6 Å². The number of sulfonamides is 1.